The maximum Gasteiger partial charge on any atom is 0.261 e. The van der Waals surface area contributed by atoms with Crippen molar-refractivity contribution in [2.75, 3.05) is 11.9 Å². The van der Waals surface area contributed by atoms with Gasteiger partial charge < -0.3 is 4.98 Å². The second-order valence-corrected chi connectivity index (χ2v) is 4.99. The summed E-state index contributed by atoms with van der Waals surface area (Å²) < 4.78 is 0. The van der Waals surface area contributed by atoms with E-state index in [-0.39, 0.29) is 5.91 Å². The Hall–Kier alpha value is -2.62. The second-order valence-electron chi connectivity index (χ2n) is 4.99. The van der Waals surface area contributed by atoms with Crippen molar-refractivity contribution < 1.29 is 4.79 Å². The Kier molecular flexibility index (Phi) is 3.44. The zero-order valence-corrected chi connectivity index (χ0v) is 12.1. The first-order valence-corrected chi connectivity index (χ1v) is 7.00. The molecule has 0 aliphatic rings. The summed E-state index contributed by atoms with van der Waals surface area (Å²) in [5.41, 5.74) is 2.78. The van der Waals surface area contributed by atoms with Crippen LogP contribution in [0.1, 0.15) is 22.8 Å². The topological polar surface area (TPSA) is 49.0 Å². The minimum Gasteiger partial charge on any atom is -0.360 e. The Labute approximate surface area is 123 Å². The number of nitrogens with zero attached hydrogens (tertiary/aromatic N) is 2. The molecule has 0 aliphatic heterocycles. The van der Waals surface area contributed by atoms with Gasteiger partial charge >= 0.3 is 0 Å². The molecule has 0 aliphatic carbocycles. The van der Waals surface area contributed by atoms with Gasteiger partial charge in [-0.1, -0.05) is 31.2 Å². The third-order valence-corrected chi connectivity index (χ3v) is 3.69. The maximum atomic E-state index is 12.6. The molecule has 2 heterocycles. The second kappa shape index (κ2) is 5.40. The Bertz CT molecular complexity index is 774. The van der Waals surface area contributed by atoms with E-state index in [1.165, 1.54) is 0 Å². The summed E-state index contributed by atoms with van der Waals surface area (Å²) in [5.74, 6) is 0.590. The number of nitrogens with one attached hydrogen (secondary N) is 1. The monoisotopic (exact) mass is 279 g/mol. The average Bonchev–Trinajstić information content (AvgIpc) is 2.97. The number of fused-ring (bicyclic) bond motifs is 1. The highest BCUT2D eigenvalue weighted by molar-refractivity contribution is 6.13. The van der Waals surface area contributed by atoms with Crippen LogP contribution in [0.3, 0.4) is 0 Å². The van der Waals surface area contributed by atoms with Gasteiger partial charge in [-0.25, -0.2) is 4.98 Å². The highest BCUT2D eigenvalue weighted by atomic mass is 16.2. The summed E-state index contributed by atoms with van der Waals surface area (Å²) in [6.45, 7) is 2.08. The molecule has 1 N–H and O–H groups in total. The molecule has 2 aromatic heterocycles. The van der Waals surface area contributed by atoms with Crippen molar-refractivity contribution in [3.63, 3.8) is 0 Å². The Balaban J connectivity index is 1.93. The van der Waals surface area contributed by atoms with Crippen LogP contribution in [0.4, 0.5) is 5.82 Å². The molecule has 4 heteroatoms. The van der Waals surface area contributed by atoms with Crippen LogP contribution in [0.2, 0.25) is 0 Å². The molecular formula is C17H17N3O. The lowest BCUT2D eigenvalue weighted by molar-refractivity contribution is 0.0994. The number of aromatic nitrogens is 2. The van der Waals surface area contributed by atoms with E-state index in [9.17, 15) is 4.79 Å². The van der Waals surface area contributed by atoms with Crippen LogP contribution in [0.25, 0.3) is 10.9 Å². The number of rotatable bonds is 3. The molecule has 0 saturated carbocycles. The molecule has 0 radical (unpaired) electrons. The van der Waals surface area contributed by atoms with Gasteiger partial charge in [0.05, 0.1) is 5.56 Å². The average molecular weight is 279 g/mol. The normalized spacial score (nSPS) is 10.8. The van der Waals surface area contributed by atoms with E-state index >= 15 is 0 Å². The zero-order valence-electron chi connectivity index (χ0n) is 12.1. The van der Waals surface area contributed by atoms with E-state index < -0.39 is 0 Å². The first kappa shape index (κ1) is 13.4. The minimum atomic E-state index is -0.0656. The number of H-pyrrole nitrogens is 1. The van der Waals surface area contributed by atoms with Gasteiger partial charge in [-0.15, -0.1) is 0 Å². The van der Waals surface area contributed by atoms with Crippen molar-refractivity contribution in [1.82, 2.24) is 9.97 Å². The number of aromatic amines is 1. The molecule has 1 amide bonds. The van der Waals surface area contributed by atoms with E-state index in [0.717, 1.165) is 22.9 Å². The Morgan fingerprint density at radius 1 is 1.24 bits per heavy atom. The summed E-state index contributed by atoms with van der Waals surface area (Å²) in [4.78, 5) is 21.7. The maximum absolute atomic E-state index is 12.6. The van der Waals surface area contributed by atoms with E-state index in [1.807, 2.05) is 42.6 Å². The van der Waals surface area contributed by atoms with Gasteiger partial charge in [0.1, 0.15) is 5.82 Å². The van der Waals surface area contributed by atoms with Gasteiger partial charge in [-0.05, 0) is 24.1 Å². The number of carbonyl (C=O) groups excluding carboxylic acids is 1. The smallest absolute Gasteiger partial charge is 0.261 e. The molecule has 1 aromatic carbocycles. The van der Waals surface area contributed by atoms with E-state index in [0.29, 0.717) is 11.4 Å². The highest BCUT2D eigenvalue weighted by Gasteiger charge is 2.17. The molecule has 0 atom stereocenters. The predicted octanol–water partition coefficient (Wildman–Crippen LogP) is 3.40. The number of hydrogen-bond acceptors (Lipinski definition) is 2. The van der Waals surface area contributed by atoms with Crippen molar-refractivity contribution in [1.29, 1.82) is 0 Å². The van der Waals surface area contributed by atoms with Crippen LogP contribution in [-0.2, 0) is 6.42 Å². The number of anilines is 1. The van der Waals surface area contributed by atoms with E-state index in [1.54, 1.807) is 18.1 Å². The standard InChI is InChI=1S/C17H17N3O/c1-3-12-8-9-16(19-10-12)20(2)17(21)14-11-18-15-7-5-4-6-13(14)15/h4-11,18H,3H2,1-2H3. The Morgan fingerprint density at radius 3 is 2.76 bits per heavy atom. The fraction of sp³-hybridized carbons (Fsp3) is 0.176. The summed E-state index contributed by atoms with van der Waals surface area (Å²) >= 11 is 0. The summed E-state index contributed by atoms with van der Waals surface area (Å²) in [5, 5.41) is 0.930. The van der Waals surface area contributed by atoms with Crippen LogP contribution in [-0.4, -0.2) is 22.9 Å². The lowest BCUT2D eigenvalue weighted by Gasteiger charge is -2.16. The number of benzene rings is 1. The zero-order chi connectivity index (χ0) is 14.8. The number of amides is 1. The summed E-state index contributed by atoms with van der Waals surface area (Å²) in [7, 11) is 1.75. The molecule has 0 unspecified atom stereocenters. The first-order valence-electron chi connectivity index (χ1n) is 7.00. The quantitative estimate of drug-likeness (QED) is 0.798. The van der Waals surface area contributed by atoms with Crippen molar-refractivity contribution in [2.24, 2.45) is 0 Å². The van der Waals surface area contributed by atoms with Crippen LogP contribution >= 0.6 is 0 Å². The van der Waals surface area contributed by atoms with Crippen molar-refractivity contribution in [3.8, 4) is 0 Å². The molecule has 0 saturated heterocycles. The first-order chi connectivity index (χ1) is 10.2. The Morgan fingerprint density at radius 2 is 2.05 bits per heavy atom. The summed E-state index contributed by atoms with van der Waals surface area (Å²) in [6, 6.07) is 11.7. The molecule has 0 fully saturated rings. The third kappa shape index (κ3) is 2.40. The molecule has 21 heavy (non-hydrogen) atoms. The van der Waals surface area contributed by atoms with E-state index in [4.69, 9.17) is 0 Å². The van der Waals surface area contributed by atoms with Gasteiger partial charge in [-0.2, -0.15) is 0 Å². The van der Waals surface area contributed by atoms with E-state index in [2.05, 4.69) is 16.9 Å². The third-order valence-electron chi connectivity index (χ3n) is 3.69. The predicted molar refractivity (Wildman–Crippen MR) is 84.6 cm³/mol. The van der Waals surface area contributed by atoms with Crippen LogP contribution in [0, 0.1) is 0 Å². The van der Waals surface area contributed by atoms with Crippen LogP contribution in [0.5, 0.6) is 0 Å². The van der Waals surface area contributed by atoms with Crippen LogP contribution < -0.4 is 4.90 Å². The molecule has 0 bridgehead atoms. The number of hydrogen-bond donors (Lipinski definition) is 1. The highest BCUT2D eigenvalue weighted by Crippen LogP contribution is 2.21. The number of aryl methyl sites for hydroxylation is 1. The fourth-order valence-electron chi connectivity index (χ4n) is 2.36. The molecule has 3 rings (SSSR count). The largest absolute Gasteiger partial charge is 0.360 e. The summed E-state index contributed by atoms with van der Waals surface area (Å²) in [6.07, 6.45) is 4.51. The van der Waals surface area contributed by atoms with Gasteiger partial charge in [0, 0.05) is 30.3 Å². The molecule has 106 valence electrons. The number of para-hydroxylation sites is 1. The van der Waals surface area contributed by atoms with Crippen molar-refractivity contribution >= 4 is 22.6 Å². The van der Waals surface area contributed by atoms with Gasteiger partial charge in [0.15, 0.2) is 0 Å². The molecular weight excluding hydrogens is 262 g/mol. The van der Waals surface area contributed by atoms with Crippen LogP contribution in [0.15, 0.2) is 48.8 Å². The fourth-order valence-corrected chi connectivity index (χ4v) is 2.36. The molecule has 0 spiro atoms. The lowest BCUT2D eigenvalue weighted by atomic mass is 10.1. The van der Waals surface area contributed by atoms with Crippen molar-refractivity contribution in [3.05, 3.63) is 59.9 Å². The molecule has 3 aromatic rings. The van der Waals surface area contributed by atoms with Gasteiger partial charge in [0.25, 0.3) is 5.91 Å². The lowest BCUT2D eigenvalue weighted by Crippen LogP contribution is -2.26. The number of pyridine rings is 1. The van der Waals surface area contributed by atoms with Crippen molar-refractivity contribution in [2.45, 2.75) is 13.3 Å². The molecule has 4 nitrogen and oxygen atoms in total. The van der Waals surface area contributed by atoms with Gasteiger partial charge in [-0.3, -0.25) is 9.69 Å². The van der Waals surface area contributed by atoms with Gasteiger partial charge in [0.2, 0.25) is 0 Å². The SMILES string of the molecule is CCc1ccc(N(C)C(=O)c2c[nH]c3ccccc23)nc1. The number of carbonyl (C=O) groups is 1. The minimum absolute atomic E-state index is 0.0656.